The number of halogens is 2. The predicted molar refractivity (Wildman–Crippen MR) is 209 cm³/mol. The highest BCUT2D eigenvalue weighted by Gasteiger charge is 2.22. The van der Waals surface area contributed by atoms with Gasteiger partial charge in [-0.15, -0.1) is 0 Å². The lowest BCUT2D eigenvalue weighted by molar-refractivity contribution is 1.24. The Hall–Kier alpha value is -4.64. The van der Waals surface area contributed by atoms with Crippen molar-refractivity contribution < 1.29 is 0 Å². The Morgan fingerprint density at radius 1 is 0.417 bits per heavy atom. The SMILES string of the molecule is Cc1c(C)c(-c2ccccc2-c2ccc(-c3ccccn3)cc2Br)c(C)c(C)c1-c1ccccc1-c1ccc(-c2cccc(Br)c2)nc1. The van der Waals surface area contributed by atoms with Gasteiger partial charge in [-0.2, -0.15) is 0 Å². The number of hydrogen-bond acceptors (Lipinski definition) is 2. The van der Waals surface area contributed by atoms with E-state index in [-0.39, 0.29) is 0 Å². The standard InChI is InChI=1S/C44H34Br2N2/c1-27-29(3)44(39-17-8-6-15-36(39)37-21-19-32(25-40(37)46)41-18-9-10-23-47-41)30(4)28(2)43(27)38-16-7-5-14-35(38)33-20-22-42(48-26-33)31-12-11-13-34(45)24-31/h5-26H,1-4H3. The fourth-order valence-corrected chi connectivity index (χ4v) is 7.80. The van der Waals surface area contributed by atoms with Crippen molar-refractivity contribution in [1.29, 1.82) is 0 Å². The van der Waals surface area contributed by atoms with E-state index < -0.39 is 0 Å². The summed E-state index contributed by atoms with van der Waals surface area (Å²) in [7, 11) is 0. The number of nitrogens with zero attached hydrogens (tertiary/aromatic N) is 2. The molecule has 0 spiro atoms. The summed E-state index contributed by atoms with van der Waals surface area (Å²) >= 11 is 7.50. The van der Waals surface area contributed by atoms with E-state index in [0.717, 1.165) is 42.6 Å². The van der Waals surface area contributed by atoms with Crippen LogP contribution in [-0.2, 0) is 0 Å². The third-order valence-corrected chi connectivity index (χ3v) is 10.6. The van der Waals surface area contributed by atoms with Crippen LogP contribution < -0.4 is 0 Å². The Bertz CT molecular complexity index is 2260. The first-order chi connectivity index (χ1) is 23.3. The molecule has 234 valence electrons. The van der Waals surface area contributed by atoms with Crippen LogP contribution in [0.3, 0.4) is 0 Å². The molecule has 0 N–H and O–H groups in total. The molecule has 0 saturated heterocycles. The summed E-state index contributed by atoms with van der Waals surface area (Å²) in [4.78, 5) is 9.43. The zero-order valence-corrected chi connectivity index (χ0v) is 30.5. The highest BCUT2D eigenvalue weighted by atomic mass is 79.9. The van der Waals surface area contributed by atoms with E-state index in [2.05, 4.69) is 156 Å². The molecule has 7 aromatic rings. The highest BCUT2D eigenvalue weighted by Crippen LogP contribution is 2.45. The van der Waals surface area contributed by atoms with Crippen molar-refractivity contribution >= 4 is 31.9 Å². The number of rotatable bonds is 6. The molecule has 0 atom stereocenters. The van der Waals surface area contributed by atoms with Crippen LogP contribution in [0.25, 0.3) is 67.0 Å². The smallest absolute Gasteiger partial charge is 0.0702 e. The first kappa shape index (κ1) is 31.9. The van der Waals surface area contributed by atoms with Gasteiger partial charge in [0.25, 0.3) is 0 Å². The molecule has 0 fully saturated rings. The summed E-state index contributed by atoms with van der Waals surface area (Å²) in [6.07, 6.45) is 3.84. The van der Waals surface area contributed by atoms with Gasteiger partial charge in [0.1, 0.15) is 0 Å². The molecule has 48 heavy (non-hydrogen) atoms. The molecule has 2 aromatic heterocycles. The number of pyridine rings is 2. The Labute approximate surface area is 299 Å². The van der Waals surface area contributed by atoms with Gasteiger partial charge in [-0.1, -0.05) is 117 Å². The molecule has 7 rings (SSSR count). The third-order valence-electron chi connectivity index (χ3n) is 9.43. The molecule has 0 amide bonds. The molecule has 0 bridgehead atoms. The molecule has 2 nitrogen and oxygen atoms in total. The van der Waals surface area contributed by atoms with E-state index in [4.69, 9.17) is 4.98 Å². The first-order valence-electron chi connectivity index (χ1n) is 16.0. The normalized spacial score (nSPS) is 11.1. The molecular formula is C44H34Br2N2. The lowest BCUT2D eigenvalue weighted by Gasteiger charge is -2.24. The second-order valence-corrected chi connectivity index (χ2v) is 14.0. The highest BCUT2D eigenvalue weighted by molar-refractivity contribution is 9.10. The van der Waals surface area contributed by atoms with Crippen LogP contribution in [-0.4, -0.2) is 9.97 Å². The van der Waals surface area contributed by atoms with Crippen molar-refractivity contribution in [2.24, 2.45) is 0 Å². The fraction of sp³-hybridized carbons (Fsp3) is 0.0909. The van der Waals surface area contributed by atoms with Crippen LogP contribution in [0.2, 0.25) is 0 Å². The quantitative estimate of drug-likeness (QED) is 0.169. The molecule has 0 aliphatic heterocycles. The summed E-state index contributed by atoms with van der Waals surface area (Å²) in [5.74, 6) is 0. The molecule has 0 aliphatic carbocycles. The van der Waals surface area contributed by atoms with Gasteiger partial charge >= 0.3 is 0 Å². The van der Waals surface area contributed by atoms with Gasteiger partial charge in [-0.25, -0.2) is 0 Å². The van der Waals surface area contributed by atoms with Gasteiger partial charge in [0.15, 0.2) is 0 Å². The third kappa shape index (κ3) is 5.96. The van der Waals surface area contributed by atoms with Crippen LogP contribution in [0.1, 0.15) is 22.3 Å². The molecule has 0 radical (unpaired) electrons. The molecule has 0 aliphatic rings. The lowest BCUT2D eigenvalue weighted by atomic mass is 9.80. The number of aromatic nitrogens is 2. The predicted octanol–water partition coefficient (Wildman–Crippen LogP) is 13.2. The fourth-order valence-electron chi connectivity index (χ4n) is 6.81. The largest absolute Gasteiger partial charge is 0.256 e. The van der Waals surface area contributed by atoms with Crippen LogP contribution in [0.4, 0.5) is 0 Å². The van der Waals surface area contributed by atoms with Crippen molar-refractivity contribution in [1.82, 2.24) is 9.97 Å². The van der Waals surface area contributed by atoms with Crippen molar-refractivity contribution in [2.75, 3.05) is 0 Å². The summed E-state index contributed by atoms with van der Waals surface area (Å²) in [6.45, 7) is 9.08. The molecule has 2 heterocycles. The summed E-state index contributed by atoms with van der Waals surface area (Å²) < 4.78 is 2.09. The van der Waals surface area contributed by atoms with Gasteiger partial charge in [0.2, 0.25) is 0 Å². The minimum atomic E-state index is 0.956. The van der Waals surface area contributed by atoms with Crippen LogP contribution in [0, 0.1) is 27.7 Å². The van der Waals surface area contributed by atoms with Gasteiger partial charge in [0.05, 0.1) is 11.4 Å². The van der Waals surface area contributed by atoms with E-state index in [1.165, 1.54) is 55.6 Å². The Balaban J connectivity index is 1.32. The minimum Gasteiger partial charge on any atom is -0.256 e. The van der Waals surface area contributed by atoms with Crippen molar-refractivity contribution in [2.45, 2.75) is 27.7 Å². The summed E-state index contributed by atoms with van der Waals surface area (Å²) in [5.41, 5.74) is 18.9. The Kier molecular flexibility index (Phi) is 8.96. The van der Waals surface area contributed by atoms with E-state index in [0.29, 0.717) is 0 Å². The minimum absolute atomic E-state index is 0.956. The zero-order valence-electron chi connectivity index (χ0n) is 27.4. The average Bonchev–Trinajstić information content (AvgIpc) is 3.12. The summed E-state index contributed by atoms with van der Waals surface area (Å²) in [6, 6.07) is 42.6. The van der Waals surface area contributed by atoms with Gasteiger partial charge in [0, 0.05) is 38.0 Å². The van der Waals surface area contributed by atoms with Crippen LogP contribution in [0.15, 0.2) is 143 Å². The average molecular weight is 751 g/mol. The topological polar surface area (TPSA) is 25.8 Å². The molecule has 5 aromatic carbocycles. The van der Waals surface area contributed by atoms with E-state index in [1.54, 1.807) is 0 Å². The maximum atomic E-state index is 4.87. The van der Waals surface area contributed by atoms with Gasteiger partial charge < -0.3 is 0 Å². The van der Waals surface area contributed by atoms with Gasteiger partial charge in [-0.05, 0) is 125 Å². The molecule has 0 unspecified atom stereocenters. The second kappa shape index (κ2) is 13.5. The second-order valence-electron chi connectivity index (χ2n) is 12.2. The Morgan fingerprint density at radius 2 is 0.979 bits per heavy atom. The van der Waals surface area contributed by atoms with E-state index >= 15 is 0 Å². The molecule has 0 saturated carbocycles. The van der Waals surface area contributed by atoms with Crippen molar-refractivity contribution in [3.8, 4) is 67.0 Å². The maximum Gasteiger partial charge on any atom is 0.0702 e. The van der Waals surface area contributed by atoms with Crippen molar-refractivity contribution in [3.05, 3.63) is 165 Å². The maximum absolute atomic E-state index is 4.87. The van der Waals surface area contributed by atoms with Gasteiger partial charge in [-0.3, -0.25) is 9.97 Å². The zero-order chi connectivity index (χ0) is 33.4. The molecular weight excluding hydrogens is 716 g/mol. The van der Waals surface area contributed by atoms with E-state index in [9.17, 15) is 0 Å². The lowest BCUT2D eigenvalue weighted by Crippen LogP contribution is -2.02. The van der Waals surface area contributed by atoms with E-state index in [1.807, 2.05) is 42.7 Å². The Morgan fingerprint density at radius 3 is 1.56 bits per heavy atom. The van der Waals surface area contributed by atoms with Crippen LogP contribution >= 0.6 is 31.9 Å². The van der Waals surface area contributed by atoms with Crippen LogP contribution in [0.5, 0.6) is 0 Å². The number of hydrogen-bond donors (Lipinski definition) is 0. The monoisotopic (exact) mass is 748 g/mol. The summed E-state index contributed by atoms with van der Waals surface area (Å²) in [5, 5.41) is 0. The first-order valence-corrected chi connectivity index (χ1v) is 17.6. The molecule has 4 heteroatoms. The number of benzene rings is 5. The van der Waals surface area contributed by atoms with Crippen molar-refractivity contribution in [3.63, 3.8) is 0 Å².